The molecule has 28 heavy (non-hydrogen) atoms. The van der Waals surface area contributed by atoms with Crippen molar-refractivity contribution in [3.63, 3.8) is 0 Å². The molecule has 7 nitrogen and oxygen atoms in total. The molecule has 0 saturated heterocycles. The van der Waals surface area contributed by atoms with Crippen molar-refractivity contribution in [2.24, 2.45) is 0 Å². The van der Waals surface area contributed by atoms with Gasteiger partial charge < -0.3 is 15.4 Å². The highest BCUT2D eigenvalue weighted by atomic mass is 16.5. The summed E-state index contributed by atoms with van der Waals surface area (Å²) in [6.45, 7) is 2.09. The van der Waals surface area contributed by atoms with E-state index in [1.165, 1.54) is 24.9 Å². The highest BCUT2D eigenvalue weighted by Gasteiger charge is 2.11. The van der Waals surface area contributed by atoms with Crippen LogP contribution in [0.1, 0.15) is 33.3 Å². The summed E-state index contributed by atoms with van der Waals surface area (Å²) in [5, 5.41) is 5.83. The van der Waals surface area contributed by atoms with Gasteiger partial charge >= 0.3 is 5.97 Å². The monoisotopic (exact) mass is 376 g/mol. The molecule has 0 bridgehead atoms. The first-order chi connectivity index (χ1) is 13.6. The van der Waals surface area contributed by atoms with E-state index in [4.69, 9.17) is 0 Å². The first kappa shape index (κ1) is 19.0. The fourth-order valence-electron chi connectivity index (χ4n) is 2.50. The number of nitrogens with zero attached hydrogens (tertiary/aromatic N) is 2. The van der Waals surface area contributed by atoms with Gasteiger partial charge in [0.1, 0.15) is 5.69 Å². The number of benzene rings is 2. The van der Waals surface area contributed by atoms with Crippen LogP contribution < -0.4 is 10.6 Å². The number of carbonyl (C=O) groups is 2. The second-order valence-electron chi connectivity index (χ2n) is 5.96. The molecule has 3 aromatic rings. The normalized spacial score (nSPS) is 10.2. The van der Waals surface area contributed by atoms with Crippen molar-refractivity contribution in [2.75, 3.05) is 17.7 Å². The van der Waals surface area contributed by atoms with E-state index in [0.717, 1.165) is 12.1 Å². The molecule has 0 aliphatic heterocycles. The van der Waals surface area contributed by atoms with Crippen LogP contribution in [-0.2, 0) is 11.2 Å². The second-order valence-corrected chi connectivity index (χ2v) is 5.96. The lowest BCUT2D eigenvalue weighted by atomic mass is 10.1. The Morgan fingerprint density at radius 2 is 1.64 bits per heavy atom. The maximum Gasteiger partial charge on any atom is 0.337 e. The zero-order valence-corrected chi connectivity index (χ0v) is 15.6. The molecule has 2 N–H and O–H groups in total. The van der Waals surface area contributed by atoms with E-state index in [-0.39, 0.29) is 11.6 Å². The molecule has 0 atom stereocenters. The molecule has 1 amide bonds. The number of rotatable bonds is 6. The van der Waals surface area contributed by atoms with E-state index in [0.29, 0.717) is 17.2 Å². The number of ether oxygens (including phenoxy) is 1. The van der Waals surface area contributed by atoms with Crippen LogP contribution in [0.4, 0.5) is 17.3 Å². The number of aromatic nitrogens is 2. The second kappa shape index (κ2) is 8.77. The summed E-state index contributed by atoms with van der Waals surface area (Å²) in [5.74, 6) is -0.480. The zero-order valence-electron chi connectivity index (χ0n) is 15.6. The third-order valence-electron chi connectivity index (χ3n) is 4.07. The Bertz CT molecular complexity index is 970. The molecular formula is C21H20N4O3. The molecule has 0 fully saturated rings. The largest absolute Gasteiger partial charge is 0.465 e. The van der Waals surface area contributed by atoms with Gasteiger partial charge in [-0.1, -0.05) is 19.1 Å². The van der Waals surface area contributed by atoms with Gasteiger partial charge in [-0.2, -0.15) is 0 Å². The van der Waals surface area contributed by atoms with Gasteiger partial charge in [0.25, 0.3) is 5.91 Å². The van der Waals surface area contributed by atoms with Crippen molar-refractivity contribution >= 4 is 29.2 Å². The smallest absolute Gasteiger partial charge is 0.337 e. The Morgan fingerprint density at radius 1 is 0.964 bits per heavy atom. The Morgan fingerprint density at radius 3 is 2.29 bits per heavy atom. The zero-order chi connectivity index (χ0) is 19.9. The lowest BCUT2D eigenvalue weighted by Crippen LogP contribution is -2.15. The number of methoxy groups -OCH3 is 1. The molecule has 1 aromatic heterocycles. The van der Waals surface area contributed by atoms with E-state index >= 15 is 0 Å². The van der Waals surface area contributed by atoms with Gasteiger partial charge in [-0.25, -0.2) is 14.8 Å². The van der Waals surface area contributed by atoms with E-state index < -0.39 is 5.97 Å². The summed E-state index contributed by atoms with van der Waals surface area (Å²) >= 11 is 0. The van der Waals surface area contributed by atoms with Crippen LogP contribution in [0.25, 0.3) is 0 Å². The van der Waals surface area contributed by atoms with Gasteiger partial charge in [0.15, 0.2) is 0 Å². The molecule has 0 saturated carbocycles. The third-order valence-corrected chi connectivity index (χ3v) is 4.07. The Hall–Kier alpha value is -3.74. The van der Waals surface area contributed by atoms with Gasteiger partial charge in [0.2, 0.25) is 5.95 Å². The van der Waals surface area contributed by atoms with Crippen molar-refractivity contribution in [3.05, 3.63) is 77.6 Å². The quantitative estimate of drug-likeness (QED) is 0.635. The number of amides is 1. The minimum Gasteiger partial charge on any atom is -0.465 e. The van der Waals surface area contributed by atoms with Crippen molar-refractivity contribution in [1.29, 1.82) is 0 Å². The maximum absolute atomic E-state index is 12.5. The number of esters is 1. The van der Waals surface area contributed by atoms with Crippen molar-refractivity contribution in [1.82, 2.24) is 9.97 Å². The summed E-state index contributed by atoms with van der Waals surface area (Å²) in [6.07, 6.45) is 2.48. The molecule has 3 rings (SSSR count). The van der Waals surface area contributed by atoms with E-state index in [9.17, 15) is 9.59 Å². The number of hydrogen-bond acceptors (Lipinski definition) is 6. The highest BCUT2D eigenvalue weighted by Crippen LogP contribution is 2.15. The highest BCUT2D eigenvalue weighted by molar-refractivity contribution is 6.03. The summed E-state index contributed by atoms with van der Waals surface area (Å²) in [7, 11) is 1.32. The minimum atomic E-state index is -0.434. The molecule has 7 heteroatoms. The maximum atomic E-state index is 12.5. The topological polar surface area (TPSA) is 93.2 Å². The first-order valence-corrected chi connectivity index (χ1v) is 8.78. The molecule has 2 aromatic carbocycles. The average molecular weight is 376 g/mol. The van der Waals surface area contributed by atoms with Crippen LogP contribution in [0.2, 0.25) is 0 Å². The first-order valence-electron chi connectivity index (χ1n) is 8.78. The average Bonchev–Trinajstić information content (AvgIpc) is 2.74. The van der Waals surface area contributed by atoms with Crippen LogP contribution in [0, 0.1) is 0 Å². The SMILES string of the molecule is CCc1ccc(Nc2nccc(C(=O)Nc3ccc(C(=O)OC)cc3)n2)cc1. The van der Waals surface area contributed by atoms with Crippen LogP contribution in [0.15, 0.2) is 60.8 Å². The van der Waals surface area contributed by atoms with Gasteiger partial charge in [-0.15, -0.1) is 0 Å². The predicted octanol–water partition coefficient (Wildman–Crippen LogP) is 3.82. The Labute approximate surface area is 162 Å². The number of aryl methyl sites for hydroxylation is 1. The summed E-state index contributed by atoms with van der Waals surface area (Å²) in [4.78, 5) is 32.3. The minimum absolute atomic E-state index is 0.222. The summed E-state index contributed by atoms with van der Waals surface area (Å²) in [6, 6.07) is 15.9. The molecular weight excluding hydrogens is 356 g/mol. The molecule has 0 aliphatic carbocycles. The molecule has 1 heterocycles. The fourth-order valence-corrected chi connectivity index (χ4v) is 2.50. The standard InChI is InChI=1S/C21H20N4O3/c1-3-14-4-8-17(9-5-14)24-21-22-13-12-18(25-21)19(26)23-16-10-6-15(7-11-16)20(27)28-2/h4-13H,3H2,1-2H3,(H,23,26)(H,22,24,25). The number of anilines is 3. The Balaban J connectivity index is 1.68. The number of nitrogens with one attached hydrogen (secondary N) is 2. The van der Waals surface area contributed by atoms with Gasteiger partial charge in [0, 0.05) is 17.6 Å². The Kier molecular flexibility index (Phi) is 5.96. The van der Waals surface area contributed by atoms with Crippen molar-refractivity contribution < 1.29 is 14.3 Å². The number of hydrogen-bond donors (Lipinski definition) is 2. The fraction of sp³-hybridized carbons (Fsp3) is 0.143. The number of carbonyl (C=O) groups excluding carboxylic acids is 2. The van der Waals surface area contributed by atoms with E-state index in [1.54, 1.807) is 24.3 Å². The molecule has 0 radical (unpaired) electrons. The van der Waals surface area contributed by atoms with Gasteiger partial charge in [-0.3, -0.25) is 4.79 Å². The molecule has 0 aliphatic rings. The molecule has 0 unspecified atom stereocenters. The predicted molar refractivity (Wildman–Crippen MR) is 107 cm³/mol. The molecule has 0 spiro atoms. The van der Waals surface area contributed by atoms with Crippen LogP contribution in [0.3, 0.4) is 0 Å². The van der Waals surface area contributed by atoms with E-state index in [2.05, 4.69) is 32.3 Å². The van der Waals surface area contributed by atoms with Crippen molar-refractivity contribution in [3.8, 4) is 0 Å². The summed E-state index contributed by atoms with van der Waals surface area (Å²) in [5.41, 5.74) is 3.25. The van der Waals surface area contributed by atoms with Crippen LogP contribution >= 0.6 is 0 Å². The third kappa shape index (κ3) is 4.70. The van der Waals surface area contributed by atoms with Gasteiger partial charge in [-0.05, 0) is 54.4 Å². The lowest BCUT2D eigenvalue weighted by Gasteiger charge is -2.08. The van der Waals surface area contributed by atoms with Crippen LogP contribution in [-0.4, -0.2) is 29.0 Å². The van der Waals surface area contributed by atoms with Crippen LogP contribution in [0.5, 0.6) is 0 Å². The lowest BCUT2D eigenvalue weighted by molar-refractivity contribution is 0.0600. The molecule has 142 valence electrons. The summed E-state index contributed by atoms with van der Waals surface area (Å²) < 4.78 is 4.65. The van der Waals surface area contributed by atoms with Gasteiger partial charge in [0.05, 0.1) is 12.7 Å². The van der Waals surface area contributed by atoms with E-state index in [1.807, 2.05) is 24.3 Å². The van der Waals surface area contributed by atoms with Crippen molar-refractivity contribution in [2.45, 2.75) is 13.3 Å².